The van der Waals surface area contributed by atoms with Crippen LogP contribution in [0.1, 0.15) is 21.7 Å². The molecule has 38 heavy (non-hydrogen) atoms. The van der Waals surface area contributed by atoms with Gasteiger partial charge in [0.25, 0.3) is 0 Å². The Kier molecular flexibility index (Phi) is 7.28. The molecule has 0 radical (unpaired) electrons. The Bertz CT molecular complexity index is 1510. The summed E-state index contributed by atoms with van der Waals surface area (Å²) in [7, 11) is 1.99. The van der Waals surface area contributed by atoms with Crippen LogP contribution in [0.5, 0.6) is 0 Å². The predicted octanol–water partition coefficient (Wildman–Crippen LogP) is 4.00. The van der Waals surface area contributed by atoms with E-state index < -0.39 is 17.8 Å². The molecule has 0 aliphatic carbocycles. The molecule has 13 heteroatoms. The van der Waals surface area contributed by atoms with Crippen LogP contribution in [0.2, 0.25) is 0 Å². The lowest BCUT2D eigenvalue weighted by atomic mass is 10.0. The third-order valence-corrected chi connectivity index (χ3v) is 6.81. The van der Waals surface area contributed by atoms with Gasteiger partial charge >= 0.3 is 12.2 Å². The minimum absolute atomic E-state index is 0.0358. The van der Waals surface area contributed by atoms with E-state index in [1.165, 1.54) is 18.3 Å². The molecule has 2 N–H and O–H groups in total. The van der Waals surface area contributed by atoms with Crippen molar-refractivity contribution in [2.45, 2.75) is 12.7 Å². The molecule has 3 aromatic heterocycles. The number of fused-ring (bicyclic) bond motifs is 1. The van der Waals surface area contributed by atoms with E-state index in [1.54, 1.807) is 23.0 Å². The maximum atomic E-state index is 13.8. The number of hydrogen-bond donors (Lipinski definition) is 2. The number of piperazine rings is 1. The van der Waals surface area contributed by atoms with E-state index in [1.807, 2.05) is 18.0 Å². The number of rotatable bonds is 4. The van der Waals surface area contributed by atoms with Crippen molar-refractivity contribution in [3.63, 3.8) is 0 Å². The van der Waals surface area contributed by atoms with Gasteiger partial charge in [0.15, 0.2) is 10.8 Å². The molecule has 0 unspecified atom stereocenters. The molecule has 1 fully saturated rings. The van der Waals surface area contributed by atoms with Gasteiger partial charge in [0.2, 0.25) is 0 Å². The van der Waals surface area contributed by atoms with E-state index in [0.29, 0.717) is 29.3 Å². The Labute approximate surface area is 220 Å². The van der Waals surface area contributed by atoms with Gasteiger partial charge in [0.1, 0.15) is 5.69 Å². The first-order valence-electron chi connectivity index (χ1n) is 11.7. The van der Waals surface area contributed by atoms with Crippen LogP contribution in [0.3, 0.4) is 0 Å². The summed E-state index contributed by atoms with van der Waals surface area (Å²) >= 11 is 1.13. The largest absolute Gasteiger partial charge is 0.416 e. The van der Waals surface area contributed by atoms with Crippen molar-refractivity contribution in [1.29, 1.82) is 0 Å². The fourth-order valence-corrected chi connectivity index (χ4v) is 4.66. The van der Waals surface area contributed by atoms with Crippen LogP contribution < -0.4 is 10.6 Å². The van der Waals surface area contributed by atoms with Crippen LogP contribution in [0.15, 0.2) is 48.9 Å². The van der Waals surface area contributed by atoms with Gasteiger partial charge in [-0.15, -0.1) is 0 Å². The van der Waals surface area contributed by atoms with Crippen molar-refractivity contribution >= 4 is 33.8 Å². The van der Waals surface area contributed by atoms with Crippen molar-refractivity contribution < 1.29 is 18.0 Å². The van der Waals surface area contributed by atoms with Gasteiger partial charge in [-0.25, -0.2) is 19.3 Å². The highest BCUT2D eigenvalue weighted by Crippen LogP contribution is 2.34. The Balaban J connectivity index is 1.23. The van der Waals surface area contributed by atoms with Gasteiger partial charge in [-0.2, -0.15) is 18.3 Å². The number of carbonyl (C=O) groups is 1. The lowest BCUT2D eigenvalue weighted by Gasteiger charge is -2.33. The lowest BCUT2D eigenvalue weighted by Crippen LogP contribution is -2.44. The molecule has 4 aromatic rings. The second kappa shape index (κ2) is 10.8. The summed E-state index contributed by atoms with van der Waals surface area (Å²) in [5, 5.41) is 9.46. The molecule has 0 spiro atoms. The second-order valence-electron chi connectivity index (χ2n) is 8.74. The Morgan fingerprint density at radius 1 is 1.08 bits per heavy atom. The summed E-state index contributed by atoms with van der Waals surface area (Å²) in [6.07, 6.45) is 0.189. The summed E-state index contributed by atoms with van der Waals surface area (Å²) in [4.78, 5) is 25.5. The number of aromatic nitrogens is 4. The number of benzene rings is 1. The number of imidazole rings is 1. The summed E-state index contributed by atoms with van der Waals surface area (Å²) in [6, 6.07) is 6.74. The molecule has 0 saturated carbocycles. The standard InChI is InChI=1S/C25H23F3N8OS/c1-34-9-11-35(12-10-34)16-17-4-5-18(13-21(17)25(26,27)28)32-23(37)33-24-30-15-20(38-24)7-6-19-14-29-22-3-2-8-31-36(19)22/h2-5,8,13-15H,9-12,16H2,1H3,(H2,30,32,33,37). The van der Waals surface area contributed by atoms with Crippen molar-refractivity contribution in [2.75, 3.05) is 43.9 Å². The molecule has 196 valence electrons. The average Bonchev–Trinajstić information content (AvgIpc) is 3.51. The van der Waals surface area contributed by atoms with E-state index in [2.05, 4.69) is 42.4 Å². The predicted molar refractivity (Wildman–Crippen MR) is 138 cm³/mol. The summed E-state index contributed by atoms with van der Waals surface area (Å²) in [5.74, 6) is 5.92. The number of thiazole rings is 1. The van der Waals surface area contributed by atoms with Crippen LogP contribution in [0.4, 0.5) is 28.8 Å². The van der Waals surface area contributed by atoms with E-state index in [9.17, 15) is 18.0 Å². The van der Waals surface area contributed by atoms with E-state index >= 15 is 0 Å². The fourth-order valence-electron chi connectivity index (χ4n) is 3.99. The first-order valence-corrected chi connectivity index (χ1v) is 12.5. The molecule has 2 amide bonds. The summed E-state index contributed by atoms with van der Waals surface area (Å²) < 4.78 is 43.0. The monoisotopic (exact) mass is 540 g/mol. The van der Waals surface area contributed by atoms with Gasteiger partial charge in [-0.1, -0.05) is 17.4 Å². The first kappa shape index (κ1) is 25.7. The number of alkyl halides is 3. The zero-order valence-corrected chi connectivity index (χ0v) is 21.1. The second-order valence-corrected chi connectivity index (χ2v) is 9.78. The number of nitrogens with one attached hydrogen (secondary N) is 2. The van der Waals surface area contributed by atoms with Crippen molar-refractivity contribution in [2.24, 2.45) is 0 Å². The number of likely N-dealkylation sites (N-methyl/N-ethyl adjacent to an activating group) is 1. The van der Waals surface area contributed by atoms with Gasteiger partial charge < -0.3 is 10.2 Å². The normalized spacial score (nSPS) is 14.7. The maximum Gasteiger partial charge on any atom is 0.416 e. The molecular weight excluding hydrogens is 517 g/mol. The van der Waals surface area contributed by atoms with Gasteiger partial charge in [0, 0.05) is 44.6 Å². The number of nitrogens with zero attached hydrogens (tertiary/aromatic N) is 6. The van der Waals surface area contributed by atoms with E-state index in [4.69, 9.17) is 0 Å². The minimum Gasteiger partial charge on any atom is -0.308 e. The molecule has 1 aromatic carbocycles. The number of hydrogen-bond acceptors (Lipinski definition) is 7. The van der Waals surface area contributed by atoms with Crippen LogP contribution >= 0.6 is 11.3 Å². The number of carbonyl (C=O) groups excluding carboxylic acids is 1. The molecule has 0 atom stereocenters. The number of amides is 2. The number of anilines is 2. The SMILES string of the molecule is CN1CCN(Cc2ccc(NC(=O)Nc3ncc(C#Cc4cnc5cccnn45)s3)cc2C(F)(F)F)CC1. The fraction of sp³-hybridized carbons (Fsp3) is 0.280. The maximum absolute atomic E-state index is 13.8. The molecular formula is C25H23F3N8OS. The number of urea groups is 1. The number of halogens is 3. The lowest BCUT2D eigenvalue weighted by molar-refractivity contribution is -0.138. The molecule has 1 aliphatic heterocycles. The Hall–Kier alpha value is -3.99. The Morgan fingerprint density at radius 2 is 1.89 bits per heavy atom. The van der Waals surface area contributed by atoms with Crippen LogP contribution in [-0.4, -0.2) is 68.6 Å². The summed E-state index contributed by atoms with van der Waals surface area (Å²) in [6.45, 7) is 3.22. The average molecular weight is 541 g/mol. The highest BCUT2D eigenvalue weighted by molar-refractivity contribution is 7.16. The zero-order valence-electron chi connectivity index (χ0n) is 20.3. The van der Waals surface area contributed by atoms with Crippen LogP contribution in [-0.2, 0) is 12.7 Å². The molecule has 4 heterocycles. The van der Waals surface area contributed by atoms with Crippen molar-refractivity contribution in [1.82, 2.24) is 29.4 Å². The molecule has 5 rings (SSSR count). The van der Waals surface area contributed by atoms with Crippen LogP contribution in [0, 0.1) is 11.8 Å². The molecule has 1 saturated heterocycles. The smallest absolute Gasteiger partial charge is 0.308 e. The molecule has 1 aliphatic rings. The Morgan fingerprint density at radius 3 is 2.68 bits per heavy atom. The topological polar surface area (TPSA) is 90.7 Å². The minimum atomic E-state index is -4.55. The van der Waals surface area contributed by atoms with Crippen molar-refractivity contribution in [3.8, 4) is 11.8 Å². The molecule has 9 nitrogen and oxygen atoms in total. The highest BCUT2D eigenvalue weighted by Gasteiger charge is 2.34. The van der Waals surface area contributed by atoms with Gasteiger partial charge in [0.05, 0.1) is 22.8 Å². The molecule has 0 bridgehead atoms. The van der Waals surface area contributed by atoms with E-state index in [-0.39, 0.29) is 22.9 Å². The highest BCUT2D eigenvalue weighted by atomic mass is 32.1. The van der Waals surface area contributed by atoms with Gasteiger partial charge in [-0.3, -0.25) is 10.2 Å². The quantitative estimate of drug-likeness (QED) is 0.381. The summed E-state index contributed by atoms with van der Waals surface area (Å²) in [5.41, 5.74) is 0.716. The third kappa shape index (κ3) is 6.10. The van der Waals surface area contributed by atoms with E-state index in [0.717, 1.165) is 30.5 Å². The van der Waals surface area contributed by atoms with Crippen molar-refractivity contribution in [3.05, 3.63) is 70.6 Å². The third-order valence-electron chi connectivity index (χ3n) is 5.98. The first-order chi connectivity index (χ1) is 18.2. The zero-order chi connectivity index (χ0) is 26.7. The van der Waals surface area contributed by atoms with Gasteiger partial charge in [-0.05, 0) is 48.7 Å². The van der Waals surface area contributed by atoms with Crippen LogP contribution in [0.25, 0.3) is 5.65 Å².